The minimum Gasteiger partial charge on any atom is -0.352 e. The van der Waals surface area contributed by atoms with Crippen LogP contribution in [0.2, 0.25) is 0 Å². The first kappa shape index (κ1) is 29.8. The molecule has 0 radical (unpaired) electrons. The Hall–Kier alpha value is -2.43. The van der Waals surface area contributed by atoms with E-state index in [0.29, 0.717) is 5.69 Å². The van der Waals surface area contributed by atoms with Crippen LogP contribution in [0.5, 0.6) is 0 Å². The van der Waals surface area contributed by atoms with E-state index in [4.69, 9.17) is 0 Å². The van der Waals surface area contributed by atoms with E-state index in [0.717, 1.165) is 36.2 Å². The van der Waals surface area contributed by atoms with Crippen LogP contribution in [0, 0.1) is 13.8 Å². The van der Waals surface area contributed by atoms with E-state index in [2.05, 4.69) is 21.2 Å². The van der Waals surface area contributed by atoms with Crippen molar-refractivity contribution >= 4 is 43.6 Å². The molecule has 36 heavy (non-hydrogen) atoms. The van der Waals surface area contributed by atoms with E-state index in [1.165, 1.54) is 19.0 Å². The summed E-state index contributed by atoms with van der Waals surface area (Å²) in [6.45, 7) is 8.91. The molecule has 2 atom stereocenters. The van der Waals surface area contributed by atoms with Crippen LogP contribution < -0.4 is 9.62 Å². The summed E-state index contributed by atoms with van der Waals surface area (Å²) in [6, 6.07) is 12.1. The molecule has 10 heteroatoms. The predicted octanol–water partition coefficient (Wildman–Crippen LogP) is 4.01. The van der Waals surface area contributed by atoms with E-state index < -0.39 is 28.7 Å². The van der Waals surface area contributed by atoms with Crippen LogP contribution in [0.4, 0.5) is 5.69 Å². The topological polar surface area (TPSA) is 90.0 Å². The molecule has 0 bridgehead atoms. The molecule has 2 aromatic carbocycles. The van der Waals surface area contributed by atoms with Crippen molar-refractivity contribution in [3.8, 4) is 0 Å². The molecule has 1 N–H and O–H groups in total. The van der Waals surface area contributed by atoms with Crippen molar-refractivity contribution in [3.05, 3.63) is 63.6 Å². The second kappa shape index (κ2) is 12.7. The molecular formula is C26H37BrN4O4S. The summed E-state index contributed by atoms with van der Waals surface area (Å²) < 4.78 is 29.7. The molecule has 2 aromatic rings. The minimum absolute atomic E-state index is 0.0525. The summed E-state index contributed by atoms with van der Waals surface area (Å²) in [5.41, 5.74) is 2.83. The van der Waals surface area contributed by atoms with Gasteiger partial charge in [-0.2, -0.15) is 12.7 Å². The lowest BCUT2D eigenvalue weighted by Gasteiger charge is -2.33. The Balaban J connectivity index is 2.51. The summed E-state index contributed by atoms with van der Waals surface area (Å²) in [7, 11) is -1.14. The van der Waals surface area contributed by atoms with Gasteiger partial charge < -0.3 is 10.2 Å². The Bertz CT molecular complexity index is 1190. The summed E-state index contributed by atoms with van der Waals surface area (Å²) in [5.74, 6) is -0.769. The van der Waals surface area contributed by atoms with E-state index in [1.54, 1.807) is 19.9 Å². The lowest BCUT2D eigenvalue weighted by molar-refractivity contribution is -0.139. The van der Waals surface area contributed by atoms with Crippen molar-refractivity contribution in [1.29, 1.82) is 0 Å². The summed E-state index contributed by atoms with van der Waals surface area (Å²) in [6.07, 6.45) is 0.750. The van der Waals surface area contributed by atoms with E-state index in [9.17, 15) is 18.0 Å². The molecule has 8 nitrogen and oxygen atoms in total. The van der Waals surface area contributed by atoms with Crippen LogP contribution in [0.1, 0.15) is 43.9 Å². The fraction of sp³-hybridized carbons (Fsp3) is 0.462. The number of nitrogens with zero attached hydrogens (tertiary/aromatic N) is 3. The molecule has 0 fully saturated rings. The van der Waals surface area contributed by atoms with E-state index >= 15 is 0 Å². The Labute approximate surface area is 224 Å². The monoisotopic (exact) mass is 580 g/mol. The zero-order valence-corrected chi connectivity index (χ0v) is 24.5. The highest BCUT2D eigenvalue weighted by Gasteiger charge is 2.33. The third-order valence-corrected chi connectivity index (χ3v) is 8.36. The Morgan fingerprint density at radius 1 is 1.06 bits per heavy atom. The largest absolute Gasteiger partial charge is 0.352 e. The molecule has 2 rings (SSSR count). The summed E-state index contributed by atoms with van der Waals surface area (Å²) >= 11 is 3.45. The SMILES string of the molecule is CC[C@@H](C)NC(=O)[C@@H](C)N(Cc1cccc(Br)c1)C(=O)CN(c1cc(C)ccc1C)S(=O)(=O)N(C)C. The molecular weight excluding hydrogens is 544 g/mol. The Morgan fingerprint density at radius 2 is 1.72 bits per heavy atom. The van der Waals surface area contributed by atoms with Gasteiger partial charge in [-0.15, -0.1) is 0 Å². The number of carbonyl (C=O) groups excluding carboxylic acids is 2. The van der Waals surface area contributed by atoms with Crippen LogP contribution in [-0.4, -0.2) is 62.2 Å². The van der Waals surface area contributed by atoms with Crippen LogP contribution in [0.15, 0.2) is 46.9 Å². The average Bonchev–Trinajstić information content (AvgIpc) is 2.81. The van der Waals surface area contributed by atoms with Gasteiger partial charge in [0, 0.05) is 31.2 Å². The van der Waals surface area contributed by atoms with Crippen LogP contribution >= 0.6 is 15.9 Å². The first-order valence-corrected chi connectivity index (χ1v) is 14.1. The molecule has 198 valence electrons. The summed E-state index contributed by atoms with van der Waals surface area (Å²) in [4.78, 5) is 28.2. The molecule has 0 unspecified atom stereocenters. The Morgan fingerprint density at radius 3 is 2.31 bits per heavy atom. The maximum atomic E-state index is 13.8. The third kappa shape index (κ3) is 7.54. The number of halogens is 1. The molecule has 0 aliphatic rings. The lowest BCUT2D eigenvalue weighted by atomic mass is 10.1. The second-order valence-corrected chi connectivity index (χ2v) is 12.2. The molecule has 0 aliphatic heterocycles. The third-order valence-electron chi connectivity index (χ3n) is 6.06. The van der Waals surface area contributed by atoms with Gasteiger partial charge in [0.2, 0.25) is 11.8 Å². The van der Waals surface area contributed by atoms with Gasteiger partial charge in [0.1, 0.15) is 12.6 Å². The highest BCUT2D eigenvalue weighted by atomic mass is 79.9. The van der Waals surface area contributed by atoms with Gasteiger partial charge in [-0.25, -0.2) is 4.31 Å². The van der Waals surface area contributed by atoms with Crippen LogP contribution in [-0.2, 0) is 26.3 Å². The second-order valence-electron chi connectivity index (χ2n) is 9.23. The average molecular weight is 582 g/mol. The molecule has 2 amide bonds. The zero-order chi connectivity index (χ0) is 27.2. The molecule has 0 heterocycles. The number of aryl methyl sites for hydroxylation is 2. The van der Waals surface area contributed by atoms with Crippen molar-refractivity contribution in [2.24, 2.45) is 0 Å². The lowest BCUT2D eigenvalue weighted by Crippen LogP contribution is -2.53. The van der Waals surface area contributed by atoms with Gasteiger partial charge in [-0.05, 0) is 69.0 Å². The molecule has 0 aromatic heterocycles. The van der Waals surface area contributed by atoms with E-state index in [1.807, 2.05) is 57.2 Å². The molecule has 0 saturated heterocycles. The number of nitrogens with one attached hydrogen (secondary N) is 1. The van der Waals surface area contributed by atoms with Gasteiger partial charge in [0.25, 0.3) is 0 Å². The number of anilines is 1. The zero-order valence-electron chi connectivity index (χ0n) is 22.1. The van der Waals surface area contributed by atoms with Gasteiger partial charge in [-0.3, -0.25) is 9.59 Å². The van der Waals surface area contributed by atoms with Crippen LogP contribution in [0.3, 0.4) is 0 Å². The van der Waals surface area contributed by atoms with Gasteiger partial charge in [-0.1, -0.05) is 47.1 Å². The maximum absolute atomic E-state index is 13.8. The van der Waals surface area contributed by atoms with E-state index in [-0.39, 0.29) is 18.5 Å². The quantitative estimate of drug-likeness (QED) is 0.435. The van der Waals surface area contributed by atoms with Crippen LogP contribution in [0.25, 0.3) is 0 Å². The number of benzene rings is 2. The molecule has 0 spiro atoms. The number of hydrogen-bond donors (Lipinski definition) is 1. The van der Waals surface area contributed by atoms with Gasteiger partial charge in [0.15, 0.2) is 0 Å². The number of rotatable bonds is 11. The smallest absolute Gasteiger partial charge is 0.304 e. The molecule has 0 saturated carbocycles. The van der Waals surface area contributed by atoms with Crippen molar-refractivity contribution in [2.45, 2.75) is 59.7 Å². The fourth-order valence-electron chi connectivity index (χ4n) is 3.57. The van der Waals surface area contributed by atoms with Crippen molar-refractivity contribution in [3.63, 3.8) is 0 Å². The number of hydrogen-bond acceptors (Lipinski definition) is 4. The fourth-order valence-corrected chi connectivity index (χ4v) is 5.13. The highest BCUT2D eigenvalue weighted by molar-refractivity contribution is 9.10. The van der Waals surface area contributed by atoms with Gasteiger partial charge in [0.05, 0.1) is 5.69 Å². The maximum Gasteiger partial charge on any atom is 0.304 e. The number of carbonyl (C=O) groups is 2. The number of amides is 2. The molecule has 0 aliphatic carbocycles. The minimum atomic E-state index is -4.00. The van der Waals surface area contributed by atoms with Crippen molar-refractivity contribution < 1.29 is 18.0 Å². The predicted molar refractivity (Wildman–Crippen MR) is 148 cm³/mol. The summed E-state index contributed by atoms with van der Waals surface area (Å²) in [5, 5.41) is 2.93. The van der Waals surface area contributed by atoms with Crippen molar-refractivity contribution in [1.82, 2.24) is 14.5 Å². The van der Waals surface area contributed by atoms with Crippen molar-refractivity contribution in [2.75, 3.05) is 24.9 Å². The first-order chi connectivity index (χ1) is 16.8. The first-order valence-electron chi connectivity index (χ1n) is 11.9. The van der Waals surface area contributed by atoms with Gasteiger partial charge >= 0.3 is 10.2 Å². The normalized spacial score (nSPS) is 13.2. The standard InChI is InChI=1S/C26H37BrN4O4S/c1-8-20(4)28-26(33)21(5)30(16-22-10-9-11-23(27)15-22)25(32)17-31(36(34,35)29(6)7)24-14-18(2)12-13-19(24)3/h9-15,20-21H,8,16-17H2,1-7H3,(H,28,33)/t20-,21-/m1/s1. The Kier molecular flexibility index (Phi) is 10.5. The highest BCUT2D eigenvalue weighted by Crippen LogP contribution is 2.26.